The largest absolute Gasteiger partial charge is 0.481 e. The van der Waals surface area contributed by atoms with E-state index in [-0.39, 0.29) is 0 Å². The fourth-order valence-corrected chi connectivity index (χ4v) is 1.53. The Balaban J connectivity index is 2.29. The lowest BCUT2D eigenvalue weighted by atomic mass is 10.3. The Morgan fingerprint density at radius 3 is 3.00 bits per heavy atom. The number of methoxy groups -OCH3 is 1. The maximum atomic E-state index is 5.62. The molecule has 1 N–H and O–H groups in total. The maximum Gasteiger partial charge on any atom is 0.215 e. The number of ether oxygens (including phenoxy) is 1. The number of alkyl halides is 1. The third-order valence-electron chi connectivity index (χ3n) is 2.13. The number of H-pyrrole nitrogens is 1. The molecule has 0 aromatic carbocycles. The summed E-state index contributed by atoms with van der Waals surface area (Å²) in [6.45, 7) is 0. The van der Waals surface area contributed by atoms with Crippen molar-refractivity contribution in [3.05, 3.63) is 18.0 Å². The van der Waals surface area contributed by atoms with Crippen molar-refractivity contribution in [3.63, 3.8) is 0 Å². The monoisotopic (exact) mass is 225 g/mol. The summed E-state index contributed by atoms with van der Waals surface area (Å²) in [5, 5.41) is 0. The predicted octanol–water partition coefficient (Wildman–Crippen LogP) is 2.14. The number of nitrogens with one attached hydrogen (secondary N) is 1. The van der Waals surface area contributed by atoms with Crippen molar-refractivity contribution in [3.8, 4) is 5.88 Å². The van der Waals surface area contributed by atoms with Crippen molar-refractivity contribution in [1.29, 1.82) is 0 Å². The van der Waals surface area contributed by atoms with Gasteiger partial charge in [0, 0.05) is 18.4 Å². The molecule has 15 heavy (non-hydrogen) atoms. The number of pyridine rings is 1. The van der Waals surface area contributed by atoms with Gasteiger partial charge in [-0.05, 0) is 12.5 Å². The Hall–Kier alpha value is -1.29. The van der Waals surface area contributed by atoms with Gasteiger partial charge in [-0.2, -0.15) is 4.98 Å². The van der Waals surface area contributed by atoms with Crippen molar-refractivity contribution in [2.75, 3.05) is 13.0 Å². The molecule has 80 valence electrons. The SMILES string of the molecule is COc1ccc2[nH]c(CCCCl)nc2n1. The van der Waals surface area contributed by atoms with Crippen LogP contribution in [0.15, 0.2) is 12.1 Å². The van der Waals surface area contributed by atoms with Crippen LogP contribution >= 0.6 is 11.6 Å². The van der Waals surface area contributed by atoms with Crippen LogP contribution in [0.5, 0.6) is 5.88 Å². The molecule has 0 saturated carbocycles. The number of aromatic nitrogens is 3. The molecule has 4 nitrogen and oxygen atoms in total. The molecule has 2 rings (SSSR count). The van der Waals surface area contributed by atoms with Crippen molar-refractivity contribution in [1.82, 2.24) is 15.0 Å². The first kappa shape index (κ1) is 10.2. The number of imidazole rings is 1. The maximum absolute atomic E-state index is 5.62. The van der Waals surface area contributed by atoms with Crippen molar-refractivity contribution >= 4 is 22.8 Å². The fourth-order valence-electron chi connectivity index (χ4n) is 1.39. The number of rotatable bonds is 4. The number of aryl methyl sites for hydroxylation is 1. The minimum atomic E-state index is 0.581. The first-order valence-electron chi connectivity index (χ1n) is 4.79. The van der Waals surface area contributed by atoms with Crippen molar-refractivity contribution < 1.29 is 4.74 Å². The van der Waals surface area contributed by atoms with Crippen LogP contribution in [0.4, 0.5) is 0 Å². The first-order chi connectivity index (χ1) is 7.33. The Morgan fingerprint density at radius 2 is 2.27 bits per heavy atom. The molecule has 0 saturated heterocycles. The third kappa shape index (κ3) is 2.21. The van der Waals surface area contributed by atoms with Gasteiger partial charge in [0.1, 0.15) is 5.82 Å². The quantitative estimate of drug-likeness (QED) is 0.812. The summed E-state index contributed by atoms with van der Waals surface area (Å²) in [7, 11) is 1.59. The highest BCUT2D eigenvalue weighted by molar-refractivity contribution is 6.17. The lowest BCUT2D eigenvalue weighted by Crippen LogP contribution is -1.88. The van der Waals surface area contributed by atoms with Gasteiger partial charge >= 0.3 is 0 Å². The standard InChI is InChI=1S/C10H12ClN3O/c1-15-9-5-4-7-10(14-9)13-8(12-7)3-2-6-11/h4-5H,2-3,6H2,1H3,(H,12,13,14). The van der Waals surface area contributed by atoms with Gasteiger partial charge in [0.05, 0.1) is 12.6 Å². The van der Waals surface area contributed by atoms with Crippen LogP contribution in [0, 0.1) is 0 Å². The summed E-state index contributed by atoms with van der Waals surface area (Å²) in [4.78, 5) is 11.8. The van der Waals surface area contributed by atoms with Gasteiger partial charge in [-0.3, -0.25) is 0 Å². The van der Waals surface area contributed by atoms with Crippen LogP contribution in [-0.2, 0) is 6.42 Å². The molecule has 0 fully saturated rings. The zero-order chi connectivity index (χ0) is 10.7. The van der Waals surface area contributed by atoms with Gasteiger partial charge in [0.2, 0.25) is 5.88 Å². The van der Waals surface area contributed by atoms with E-state index in [2.05, 4.69) is 15.0 Å². The summed E-state index contributed by atoms with van der Waals surface area (Å²) >= 11 is 5.62. The number of fused-ring (bicyclic) bond motifs is 1. The zero-order valence-electron chi connectivity index (χ0n) is 8.46. The molecule has 0 aliphatic rings. The fraction of sp³-hybridized carbons (Fsp3) is 0.400. The van der Waals surface area contributed by atoms with E-state index in [1.54, 1.807) is 7.11 Å². The van der Waals surface area contributed by atoms with Crippen LogP contribution in [0.25, 0.3) is 11.2 Å². The molecule has 2 aromatic heterocycles. The highest BCUT2D eigenvalue weighted by atomic mass is 35.5. The average Bonchev–Trinajstić information content (AvgIpc) is 2.67. The van der Waals surface area contributed by atoms with E-state index in [4.69, 9.17) is 16.3 Å². The minimum absolute atomic E-state index is 0.581. The van der Waals surface area contributed by atoms with E-state index < -0.39 is 0 Å². The zero-order valence-corrected chi connectivity index (χ0v) is 9.21. The van der Waals surface area contributed by atoms with E-state index >= 15 is 0 Å². The van der Waals surface area contributed by atoms with Crippen molar-refractivity contribution in [2.24, 2.45) is 0 Å². The van der Waals surface area contributed by atoms with E-state index in [9.17, 15) is 0 Å². The highest BCUT2D eigenvalue weighted by Gasteiger charge is 2.04. The smallest absolute Gasteiger partial charge is 0.215 e. The molecular formula is C10H12ClN3O. The Bertz CT molecular complexity index is 455. The molecule has 2 aromatic rings. The summed E-state index contributed by atoms with van der Waals surface area (Å²) in [6.07, 6.45) is 1.76. The van der Waals surface area contributed by atoms with Gasteiger partial charge in [-0.25, -0.2) is 4.98 Å². The molecule has 0 aliphatic carbocycles. The summed E-state index contributed by atoms with van der Waals surface area (Å²) < 4.78 is 5.03. The molecule has 0 aliphatic heterocycles. The summed E-state index contributed by atoms with van der Waals surface area (Å²) in [5.74, 6) is 2.15. The van der Waals surface area contributed by atoms with Crippen LogP contribution in [0.2, 0.25) is 0 Å². The summed E-state index contributed by atoms with van der Waals surface area (Å²) in [5.41, 5.74) is 1.62. The van der Waals surface area contributed by atoms with Crippen molar-refractivity contribution in [2.45, 2.75) is 12.8 Å². The van der Waals surface area contributed by atoms with E-state index in [1.807, 2.05) is 12.1 Å². The molecule has 2 heterocycles. The second-order valence-corrected chi connectivity index (χ2v) is 3.58. The number of aromatic amines is 1. The second kappa shape index (κ2) is 4.49. The minimum Gasteiger partial charge on any atom is -0.481 e. The normalized spacial score (nSPS) is 10.8. The average molecular weight is 226 g/mol. The van der Waals surface area contributed by atoms with E-state index in [0.717, 1.165) is 24.2 Å². The van der Waals surface area contributed by atoms with Crippen LogP contribution in [-0.4, -0.2) is 27.9 Å². The molecule has 0 radical (unpaired) electrons. The van der Waals surface area contributed by atoms with E-state index in [1.165, 1.54) is 0 Å². The Kier molecular flexibility index (Phi) is 3.06. The van der Waals surface area contributed by atoms with Gasteiger partial charge in [-0.1, -0.05) is 0 Å². The number of halogens is 1. The number of hydrogen-bond donors (Lipinski definition) is 1. The molecule has 0 bridgehead atoms. The van der Waals surface area contributed by atoms with Gasteiger partial charge in [-0.15, -0.1) is 11.6 Å². The highest BCUT2D eigenvalue weighted by Crippen LogP contribution is 2.14. The Morgan fingerprint density at radius 1 is 1.40 bits per heavy atom. The topological polar surface area (TPSA) is 50.8 Å². The van der Waals surface area contributed by atoms with Gasteiger partial charge < -0.3 is 9.72 Å². The molecule has 5 heteroatoms. The lowest BCUT2D eigenvalue weighted by Gasteiger charge is -1.95. The van der Waals surface area contributed by atoms with E-state index in [0.29, 0.717) is 17.4 Å². The summed E-state index contributed by atoms with van der Waals surface area (Å²) in [6, 6.07) is 3.73. The van der Waals surface area contributed by atoms with Crippen LogP contribution in [0.3, 0.4) is 0 Å². The van der Waals surface area contributed by atoms with Crippen LogP contribution < -0.4 is 4.74 Å². The van der Waals surface area contributed by atoms with Gasteiger partial charge in [0.15, 0.2) is 5.65 Å². The molecule has 0 spiro atoms. The first-order valence-corrected chi connectivity index (χ1v) is 5.32. The number of nitrogens with zero attached hydrogens (tertiary/aromatic N) is 2. The second-order valence-electron chi connectivity index (χ2n) is 3.20. The predicted molar refractivity (Wildman–Crippen MR) is 59.5 cm³/mol. The number of hydrogen-bond acceptors (Lipinski definition) is 3. The third-order valence-corrected chi connectivity index (χ3v) is 2.39. The lowest BCUT2D eigenvalue weighted by molar-refractivity contribution is 0.399. The van der Waals surface area contributed by atoms with Gasteiger partial charge in [0.25, 0.3) is 0 Å². The molecule has 0 unspecified atom stereocenters. The Labute approximate surface area is 92.6 Å². The van der Waals surface area contributed by atoms with Crippen LogP contribution in [0.1, 0.15) is 12.2 Å². The molecule has 0 amide bonds. The molecule has 0 atom stereocenters. The molecular weight excluding hydrogens is 214 g/mol.